The van der Waals surface area contributed by atoms with E-state index in [-0.39, 0.29) is 36.0 Å². The number of ether oxygens (including phenoxy) is 1. The summed E-state index contributed by atoms with van der Waals surface area (Å²) in [4.78, 5) is 41.6. The second kappa shape index (κ2) is 12.9. The molecule has 0 saturated heterocycles. The van der Waals surface area contributed by atoms with Crippen LogP contribution >= 0.6 is 0 Å². The third kappa shape index (κ3) is 7.00. The molecule has 10 nitrogen and oxygen atoms in total. The van der Waals surface area contributed by atoms with Crippen molar-refractivity contribution in [1.82, 2.24) is 20.9 Å². The summed E-state index contributed by atoms with van der Waals surface area (Å²) in [5.74, 6) is -0.0549. The molecule has 3 amide bonds. The van der Waals surface area contributed by atoms with Crippen molar-refractivity contribution in [1.29, 1.82) is 0 Å². The Morgan fingerprint density at radius 3 is 2.41 bits per heavy atom. The lowest BCUT2D eigenvalue weighted by Crippen LogP contribution is -2.59. The third-order valence-electron chi connectivity index (χ3n) is 8.35. The van der Waals surface area contributed by atoms with Crippen LogP contribution in [0.2, 0.25) is 0 Å². The number of hydrogen-bond donors (Lipinski definition) is 5. The summed E-state index contributed by atoms with van der Waals surface area (Å²) in [5.41, 5.74) is 3.02. The van der Waals surface area contributed by atoms with Crippen LogP contribution in [0.3, 0.4) is 0 Å². The number of phenolic OH excluding ortho intramolecular Hbond substituents is 1. The first kappa shape index (κ1) is 28.9. The van der Waals surface area contributed by atoms with Crippen molar-refractivity contribution in [3.05, 3.63) is 59.2 Å². The van der Waals surface area contributed by atoms with E-state index in [1.807, 2.05) is 6.07 Å². The van der Waals surface area contributed by atoms with Crippen LogP contribution in [0.1, 0.15) is 42.4 Å². The summed E-state index contributed by atoms with van der Waals surface area (Å²) >= 11 is 0. The number of carbonyl (C=O) groups excluding carboxylic acids is 3. The number of para-hydroxylation sites is 1. The molecule has 0 radical (unpaired) electrons. The number of benzene rings is 2. The van der Waals surface area contributed by atoms with Gasteiger partial charge in [0.25, 0.3) is 0 Å². The Hall–Kier alpha value is -3.63. The Labute approximate surface area is 240 Å². The van der Waals surface area contributed by atoms with Gasteiger partial charge in [-0.15, -0.1) is 0 Å². The number of nitrogens with one attached hydrogen (secondary N) is 3. The van der Waals surface area contributed by atoms with Gasteiger partial charge in [-0.3, -0.25) is 14.4 Å². The predicted octanol–water partition coefficient (Wildman–Crippen LogP) is 1.06. The van der Waals surface area contributed by atoms with Crippen molar-refractivity contribution in [2.24, 2.45) is 5.92 Å². The van der Waals surface area contributed by atoms with E-state index in [0.717, 1.165) is 49.0 Å². The number of likely N-dealkylation sites (N-methyl/N-ethyl adjacent to an activating group) is 1. The van der Waals surface area contributed by atoms with Gasteiger partial charge < -0.3 is 35.8 Å². The summed E-state index contributed by atoms with van der Waals surface area (Å²) in [6, 6.07) is 10.0. The average molecular weight is 565 g/mol. The van der Waals surface area contributed by atoms with Crippen molar-refractivity contribution in [2.75, 3.05) is 26.7 Å². The number of carbonyl (C=O) groups is 3. The van der Waals surface area contributed by atoms with Gasteiger partial charge in [0.05, 0.1) is 12.6 Å². The molecule has 220 valence electrons. The molecule has 0 aromatic heterocycles. The summed E-state index contributed by atoms with van der Waals surface area (Å²) in [6.45, 7) is 0.333. The van der Waals surface area contributed by atoms with Crippen molar-refractivity contribution >= 4 is 17.7 Å². The lowest BCUT2D eigenvalue weighted by Gasteiger charge is -2.33. The second-order valence-electron chi connectivity index (χ2n) is 11.4. The molecule has 3 aliphatic rings. The molecular weight excluding hydrogens is 524 g/mol. The molecule has 0 spiro atoms. The van der Waals surface area contributed by atoms with E-state index in [1.54, 1.807) is 12.1 Å². The normalized spacial score (nSPS) is 26.3. The molecule has 41 heavy (non-hydrogen) atoms. The molecule has 5 N–H and O–H groups in total. The van der Waals surface area contributed by atoms with Crippen molar-refractivity contribution in [3.63, 3.8) is 0 Å². The van der Waals surface area contributed by atoms with E-state index < -0.39 is 30.6 Å². The Balaban J connectivity index is 1.40. The Morgan fingerprint density at radius 2 is 1.71 bits per heavy atom. The topological polar surface area (TPSA) is 140 Å². The first-order chi connectivity index (χ1) is 19.8. The Kier molecular flexibility index (Phi) is 9.09. The maximum atomic E-state index is 13.6. The van der Waals surface area contributed by atoms with Crippen LogP contribution in [0.15, 0.2) is 42.5 Å². The Morgan fingerprint density at radius 1 is 0.976 bits per heavy atom. The van der Waals surface area contributed by atoms with Crippen molar-refractivity contribution < 1.29 is 29.3 Å². The van der Waals surface area contributed by atoms with Gasteiger partial charge in [0.1, 0.15) is 29.7 Å². The van der Waals surface area contributed by atoms with Gasteiger partial charge in [-0.05, 0) is 73.3 Å². The smallest absolute Gasteiger partial charge is 0.245 e. The van der Waals surface area contributed by atoms with Crippen LogP contribution in [0, 0.1) is 5.92 Å². The highest BCUT2D eigenvalue weighted by molar-refractivity contribution is 5.93. The van der Waals surface area contributed by atoms with E-state index in [9.17, 15) is 24.6 Å². The van der Waals surface area contributed by atoms with Crippen LogP contribution in [0.4, 0.5) is 0 Å². The number of nitrogens with zero attached hydrogens (tertiary/aromatic N) is 1. The Bertz CT molecular complexity index is 1250. The highest BCUT2D eigenvalue weighted by Gasteiger charge is 2.41. The second-order valence-corrected chi connectivity index (χ2v) is 11.4. The number of aryl methyl sites for hydroxylation is 2. The lowest BCUT2D eigenvalue weighted by molar-refractivity contribution is -0.143. The van der Waals surface area contributed by atoms with E-state index in [2.05, 4.69) is 28.1 Å². The fraction of sp³-hybridized carbons (Fsp3) is 0.516. The van der Waals surface area contributed by atoms with Crippen LogP contribution in [-0.2, 0) is 33.6 Å². The van der Waals surface area contributed by atoms with Crippen LogP contribution in [0.25, 0.3) is 0 Å². The first-order valence-electron chi connectivity index (χ1n) is 14.6. The molecule has 2 aliphatic heterocycles. The zero-order chi connectivity index (χ0) is 28.9. The zero-order valence-electron chi connectivity index (χ0n) is 23.5. The molecule has 1 saturated carbocycles. The highest BCUT2D eigenvalue weighted by atomic mass is 16.5. The molecule has 2 bridgehead atoms. The van der Waals surface area contributed by atoms with Gasteiger partial charge >= 0.3 is 0 Å². The van der Waals surface area contributed by atoms with Crippen LogP contribution in [-0.4, -0.2) is 83.8 Å². The lowest BCUT2D eigenvalue weighted by atomic mass is 9.96. The summed E-state index contributed by atoms with van der Waals surface area (Å²) in [5, 5.41) is 29.0. The standard InChI is InChI=1S/C31H40N4O6/c1-35-26(18-36)30(39)34-25(16-19-7-12-23(37)13-8-19)29(38)32-15-3-6-21-4-2-5-22-11-14-24(41-28(21)22)17-33-27(31(35)40)20-9-10-20/h2,4-5,7-8,12-13,20,24-27,33,36-37H,3,6,9-11,14-18H2,1H3,(H,32,38)(H,34,39)/t24?,25-,26-,27+/m1/s1. The van der Waals surface area contributed by atoms with E-state index in [0.29, 0.717) is 19.5 Å². The number of aliphatic hydroxyl groups excluding tert-OH is 1. The maximum Gasteiger partial charge on any atom is 0.245 e. The minimum absolute atomic E-state index is 0.0841. The molecule has 2 aromatic rings. The summed E-state index contributed by atoms with van der Waals surface area (Å²) in [7, 11) is 1.52. The maximum absolute atomic E-state index is 13.6. The number of amides is 3. The van der Waals surface area contributed by atoms with Crippen molar-refractivity contribution in [3.8, 4) is 11.5 Å². The van der Waals surface area contributed by atoms with Crippen molar-refractivity contribution in [2.45, 2.75) is 69.2 Å². The average Bonchev–Trinajstić information content (AvgIpc) is 3.81. The van der Waals surface area contributed by atoms with Gasteiger partial charge in [0.15, 0.2) is 0 Å². The molecule has 1 unspecified atom stereocenters. The third-order valence-corrected chi connectivity index (χ3v) is 8.35. The highest BCUT2D eigenvalue weighted by Crippen LogP contribution is 2.35. The largest absolute Gasteiger partial charge is 0.508 e. The monoisotopic (exact) mass is 564 g/mol. The molecular formula is C31H40N4O6. The number of aromatic hydroxyl groups is 1. The zero-order valence-corrected chi connectivity index (χ0v) is 23.5. The molecule has 10 heteroatoms. The summed E-state index contributed by atoms with van der Waals surface area (Å²) < 4.78 is 6.45. The van der Waals surface area contributed by atoms with E-state index >= 15 is 0 Å². The molecule has 1 fully saturated rings. The number of hydrogen-bond acceptors (Lipinski definition) is 7. The van der Waals surface area contributed by atoms with E-state index in [1.165, 1.54) is 29.6 Å². The fourth-order valence-corrected chi connectivity index (χ4v) is 5.73. The van der Waals surface area contributed by atoms with Crippen LogP contribution < -0.4 is 20.7 Å². The molecule has 5 rings (SSSR count). The fourth-order valence-electron chi connectivity index (χ4n) is 5.73. The molecule has 2 aromatic carbocycles. The molecule has 2 heterocycles. The van der Waals surface area contributed by atoms with Crippen LogP contribution in [0.5, 0.6) is 11.5 Å². The number of fused-ring (bicyclic) bond motifs is 1. The molecule has 1 aliphatic carbocycles. The SMILES string of the molecule is CN1C(=O)[C@H](C2CC2)NCC2CCc3cccc(c3O2)CCCNC(=O)[C@@H](Cc2ccc(O)cc2)NC(=O)[C@H]1CO. The molecule has 4 atom stereocenters. The number of rotatable bonds is 4. The van der Waals surface area contributed by atoms with E-state index in [4.69, 9.17) is 4.74 Å². The van der Waals surface area contributed by atoms with Gasteiger partial charge in [0.2, 0.25) is 17.7 Å². The minimum Gasteiger partial charge on any atom is -0.508 e. The number of phenols is 1. The van der Waals surface area contributed by atoms with Gasteiger partial charge in [-0.2, -0.15) is 0 Å². The predicted molar refractivity (Wildman–Crippen MR) is 152 cm³/mol. The number of aliphatic hydroxyl groups is 1. The minimum atomic E-state index is -1.15. The van der Waals surface area contributed by atoms with Gasteiger partial charge in [-0.25, -0.2) is 0 Å². The quantitative estimate of drug-likeness (QED) is 0.374. The van der Waals surface area contributed by atoms with Gasteiger partial charge in [0, 0.05) is 26.6 Å². The summed E-state index contributed by atoms with van der Waals surface area (Å²) in [6.07, 6.45) is 5.07. The van der Waals surface area contributed by atoms with Gasteiger partial charge in [-0.1, -0.05) is 30.3 Å². The first-order valence-corrected chi connectivity index (χ1v) is 14.6.